The van der Waals surface area contributed by atoms with Gasteiger partial charge in [0.15, 0.2) is 0 Å². The predicted octanol–water partition coefficient (Wildman–Crippen LogP) is 1.89. The van der Waals surface area contributed by atoms with Gasteiger partial charge in [-0.15, -0.1) is 0 Å². The van der Waals surface area contributed by atoms with E-state index in [-0.39, 0.29) is 29.8 Å². The van der Waals surface area contributed by atoms with E-state index in [1.807, 2.05) is 0 Å². The summed E-state index contributed by atoms with van der Waals surface area (Å²) in [6.45, 7) is -0.443. The fourth-order valence-corrected chi connectivity index (χ4v) is 1.85. The van der Waals surface area contributed by atoms with E-state index < -0.39 is 23.7 Å². The molecule has 0 saturated carbocycles. The lowest BCUT2D eigenvalue weighted by atomic mass is 10.1. The van der Waals surface area contributed by atoms with Crippen LogP contribution in [0.5, 0.6) is 5.75 Å². The summed E-state index contributed by atoms with van der Waals surface area (Å²) in [5.41, 5.74) is 0.155. The molecule has 0 atom stereocenters. The molecule has 0 aliphatic carbocycles. The van der Waals surface area contributed by atoms with Gasteiger partial charge in [-0.25, -0.2) is 0 Å². The van der Waals surface area contributed by atoms with Crippen LogP contribution in [-0.2, 0) is 14.3 Å². The number of rotatable bonds is 7. The highest BCUT2D eigenvalue weighted by Crippen LogP contribution is 2.31. The number of carboxylic acid groups (broad SMARTS) is 1. The average molecular weight is 320 g/mol. The molecule has 9 nitrogen and oxygen atoms in total. The molecule has 0 radical (unpaired) electrons. The number of carbonyl (C=O) groups is 2. The number of nitro groups is 1. The van der Waals surface area contributed by atoms with Gasteiger partial charge in [0, 0.05) is 12.3 Å². The molecule has 2 rings (SSSR count). The van der Waals surface area contributed by atoms with Gasteiger partial charge in [-0.2, -0.15) is 0 Å². The number of hydrogen-bond acceptors (Lipinski definition) is 7. The van der Waals surface area contributed by atoms with Gasteiger partial charge in [-0.1, -0.05) is 0 Å². The number of ether oxygens (including phenoxy) is 2. The van der Waals surface area contributed by atoms with Gasteiger partial charge in [0.1, 0.15) is 11.3 Å². The minimum Gasteiger partial charge on any atom is -0.481 e. The number of hydrogen-bond donors (Lipinski definition) is 1. The topological polar surface area (TPSA) is 129 Å². The highest BCUT2D eigenvalue weighted by atomic mass is 16.7. The van der Waals surface area contributed by atoms with Gasteiger partial charge < -0.3 is 14.6 Å². The second-order valence-corrected chi connectivity index (χ2v) is 4.41. The minimum atomic E-state index is -1.10. The zero-order valence-corrected chi connectivity index (χ0v) is 11.8. The molecule has 0 bridgehead atoms. The first-order valence-electron chi connectivity index (χ1n) is 6.51. The molecule has 0 unspecified atom stereocenters. The van der Waals surface area contributed by atoms with E-state index in [0.29, 0.717) is 5.39 Å². The first kappa shape index (κ1) is 16.1. The molecule has 0 fully saturated rings. The second-order valence-electron chi connectivity index (χ2n) is 4.41. The summed E-state index contributed by atoms with van der Waals surface area (Å²) in [5.74, 6) is -1.60. The molecule has 0 aliphatic heterocycles. The molecule has 120 valence electrons. The van der Waals surface area contributed by atoms with Gasteiger partial charge in [0.25, 0.3) is 5.69 Å². The minimum absolute atomic E-state index is 0.112. The molecule has 1 aromatic heterocycles. The number of nitrogens with zero attached hydrogens (tertiary/aromatic N) is 2. The molecule has 1 aromatic carbocycles. The lowest BCUT2D eigenvalue weighted by Gasteiger charge is -2.09. The number of pyridine rings is 1. The van der Waals surface area contributed by atoms with Crippen LogP contribution >= 0.6 is 0 Å². The van der Waals surface area contributed by atoms with Crippen molar-refractivity contribution >= 4 is 28.5 Å². The van der Waals surface area contributed by atoms with Crippen molar-refractivity contribution in [1.29, 1.82) is 0 Å². The molecule has 1 heterocycles. The highest BCUT2D eigenvalue weighted by Gasteiger charge is 2.16. The zero-order valence-electron chi connectivity index (χ0n) is 11.8. The maximum atomic E-state index is 11.3. The number of fused-ring (bicyclic) bond motifs is 1. The SMILES string of the molecule is O=C(O)CCC(=O)OCOc1ccc([N+](=O)[O-])c2cccnc12. The summed E-state index contributed by atoms with van der Waals surface area (Å²) in [6.07, 6.45) is 0.858. The lowest BCUT2D eigenvalue weighted by molar-refractivity contribution is -0.383. The monoisotopic (exact) mass is 320 g/mol. The largest absolute Gasteiger partial charge is 0.481 e. The van der Waals surface area contributed by atoms with Gasteiger partial charge in [-0.3, -0.25) is 24.7 Å². The number of aliphatic carboxylic acids is 1. The Bertz CT molecular complexity index is 760. The maximum absolute atomic E-state index is 11.3. The van der Waals surface area contributed by atoms with Gasteiger partial charge in [-0.05, 0) is 18.2 Å². The van der Waals surface area contributed by atoms with Crippen molar-refractivity contribution in [2.24, 2.45) is 0 Å². The van der Waals surface area contributed by atoms with Gasteiger partial charge >= 0.3 is 11.9 Å². The van der Waals surface area contributed by atoms with Crippen LogP contribution in [0, 0.1) is 10.1 Å². The molecular weight excluding hydrogens is 308 g/mol. The fraction of sp³-hybridized carbons (Fsp3) is 0.214. The van der Waals surface area contributed by atoms with Gasteiger partial charge in [0.2, 0.25) is 6.79 Å². The van der Waals surface area contributed by atoms with Crippen molar-refractivity contribution < 1.29 is 29.1 Å². The second kappa shape index (κ2) is 7.16. The van der Waals surface area contributed by atoms with E-state index >= 15 is 0 Å². The highest BCUT2D eigenvalue weighted by molar-refractivity contribution is 5.92. The number of nitro benzene ring substituents is 1. The van der Waals surface area contributed by atoms with Crippen LogP contribution in [0.3, 0.4) is 0 Å². The Kier molecular flexibility index (Phi) is 5.03. The summed E-state index contributed by atoms with van der Waals surface area (Å²) >= 11 is 0. The molecule has 0 spiro atoms. The summed E-state index contributed by atoms with van der Waals surface area (Å²) in [4.78, 5) is 36.1. The first-order valence-corrected chi connectivity index (χ1v) is 6.51. The van der Waals surface area contributed by atoms with Crippen LogP contribution in [-0.4, -0.2) is 33.7 Å². The predicted molar refractivity (Wildman–Crippen MR) is 76.9 cm³/mol. The zero-order chi connectivity index (χ0) is 16.8. The smallest absolute Gasteiger partial charge is 0.309 e. The fourth-order valence-electron chi connectivity index (χ4n) is 1.85. The lowest BCUT2D eigenvalue weighted by Crippen LogP contribution is -2.12. The Morgan fingerprint density at radius 2 is 2.04 bits per heavy atom. The van der Waals surface area contributed by atoms with Crippen LogP contribution in [0.2, 0.25) is 0 Å². The first-order chi connectivity index (χ1) is 11.0. The molecule has 2 aromatic rings. The molecule has 1 N–H and O–H groups in total. The summed E-state index contributed by atoms with van der Waals surface area (Å²) in [7, 11) is 0. The van der Waals surface area contributed by atoms with Gasteiger partial charge in [0.05, 0.1) is 23.2 Å². The quantitative estimate of drug-likeness (QED) is 0.354. The number of carboxylic acids is 1. The molecule has 0 saturated heterocycles. The van der Waals surface area contributed by atoms with Crippen molar-refractivity contribution in [3.63, 3.8) is 0 Å². The Balaban J connectivity index is 2.07. The number of aromatic nitrogens is 1. The average Bonchev–Trinajstić information content (AvgIpc) is 2.52. The third-order valence-corrected chi connectivity index (χ3v) is 2.88. The van der Waals surface area contributed by atoms with E-state index in [9.17, 15) is 19.7 Å². The van der Waals surface area contributed by atoms with E-state index in [1.54, 1.807) is 6.07 Å². The summed E-state index contributed by atoms with van der Waals surface area (Å²) in [5, 5.41) is 19.7. The van der Waals surface area contributed by atoms with Crippen molar-refractivity contribution in [2.75, 3.05) is 6.79 Å². The number of carbonyl (C=O) groups excluding carboxylic acids is 1. The standard InChI is InChI=1S/C14H12N2O7/c17-12(18)5-6-13(19)23-8-22-11-4-3-10(16(20)21)9-2-1-7-15-14(9)11/h1-4,7H,5-6,8H2,(H,17,18). The number of benzene rings is 1. The Hall–Kier alpha value is -3.23. The van der Waals surface area contributed by atoms with Crippen molar-refractivity contribution in [1.82, 2.24) is 4.98 Å². The van der Waals surface area contributed by atoms with Crippen LogP contribution in [0.25, 0.3) is 10.9 Å². The van der Waals surface area contributed by atoms with Crippen molar-refractivity contribution in [2.45, 2.75) is 12.8 Å². The van der Waals surface area contributed by atoms with E-state index in [4.69, 9.17) is 14.6 Å². The van der Waals surface area contributed by atoms with Crippen LogP contribution in [0.4, 0.5) is 5.69 Å². The van der Waals surface area contributed by atoms with Crippen molar-refractivity contribution in [3.8, 4) is 5.75 Å². The number of esters is 1. The summed E-state index contributed by atoms with van der Waals surface area (Å²) in [6, 6.07) is 5.72. The molecule has 23 heavy (non-hydrogen) atoms. The molecular formula is C14H12N2O7. The third-order valence-electron chi connectivity index (χ3n) is 2.88. The Morgan fingerprint density at radius 1 is 1.26 bits per heavy atom. The van der Waals surface area contributed by atoms with E-state index in [1.165, 1.54) is 24.4 Å². The maximum Gasteiger partial charge on any atom is 0.309 e. The van der Waals surface area contributed by atoms with Crippen molar-refractivity contribution in [3.05, 3.63) is 40.6 Å². The Labute approximate surface area is 129 Å². The third kappa shape index (κ3) is 4.13. The molecule has 0 amide bonds. The van der Waals surface area contributed by atoms with E-state index in [0.717, 1.165) is 0 Å². The summed E-state index contributed by atoms with van der Waals surface area (Å²) < 4.78 is 9.99. The van der Waals surface area contributed by atoms with Crippen LogP contribution in [0.1, 0.15) is 12.8 Å². The van der Waals surface area contributed by atoms with Crippen LogP contribution < -0.4 is 4.74 Å². The van der Waals surface area contributed by atoms with Crippen LogP contribution in [0.15, 0.2) is 30.5 Å². The number of non-ortho nitro benzene ring substituents is 1. The molecule has 9 heteroatoms. The Morgan fingerprint density at radius 3 is 2.74 bits per heavy atom. The molecule has 0 aliphatic rings. The normalized spacial score (nSPS) is 10.3. The van der Waals surface area contributed by atoms with E-state index in [2.05, 4.69) is 4.98 Å².